The molecule has 204 valence electrons. The predicted molar refractivity (Wildman–Crippen MR) is 155 cm³/mol. The molecular weight excluding hydrogens is 488 g/mol. The Morgan fingerprint density at radius 2 is 1.51 bits per heavy atom. The van der Waals surface area contributed by atoms with Crippen molar-refractivity contribution in [2.45, 2.75) is 50.7 Å². The first-order valence-corrected chi connectivity index (χ1v) is 13.9. The van der Waals surface area contributed by atoms with E-state index >= 15 is 0 Å². The number of anilines is 2. The zero-order chi connectivity index (χ0) is 27.5. The number of carbonyl (C=O) groups is 2. The topological polar surface area (TPSA) is 70.1 Å². The molecule has 3 aromatic rings. The Balaban J connectivity index is 1.42. The van der Waals surface area contributed by atoms with Crippen molar-refractivity contribution < 1.29 is 19.4 Å². The molecule has 2 aliphatic carbocycles. The van der Waals surface area contributed by atoms with Crippen molar-refractivity contribution in [3.63, 3.8) is 0 Å². The number of hydrogen-bond donors (Lipinski definition) is 1. The van der Waals surface area contributed by atoms with E-state index in [1.165, 1.54) is 7.11 Å². The number of nitrogens with zero attached hydrogens (tertiary/aromatic N) is 2. The van der Waals surface area contributed by atoms with Crippen LogP contribution < -0.4 is 9.80 Å². The van der Waals surface area contributed by atoms with Crippen molar-refractivity contribution in [1.82, 2.24) is 0 Å². The van der Waals surface area contributed by atoms with Crippen LogP contribution >= 0.6 is 0 Å². The molecule has 5 rings (SSSR count). The Morgan fingerprint density at radius 3 is 2.13 bits per heavy atom. The molecule has 0 heterocycles. The SMILES string of the molecule is COC(=O)C1CC1c1cccc(N(C(=O)C2CCCCC2)C(O)c2ccc(-c3ccc(N(C)C)cc3)cc2)c1. The molecule has 3 unspecified atom stereocenters. The van der Waals surface area contributed by atoms with E-state index in [1.54, 1.807) is 4.90 Å². The second kappa shape index (κ2) is 11.6. The van der Waals surface area contributed by atoms with Crippen LogP contribution in [-0.4, -0.2) is 38.2 Å². The number of aliphatic hydroxyl groups is 1. The average molecular weight is 527 g/mol. The van der Waals surface area contributed by atoms with Crippen molar-refractivity contribution in [3.05, 3.63) is 83.9 Å². The van der Waals surface area contributed by atoms with Gasteiger partial charge in [-0.3, -0.25) is 14.5 Å². The minimum absolute atomic E-state index is 0.0389. The van der Waals surface area contributed by atoms with Gasteiger partial charge >= 0.3 is 5.97 Å². The minimum Gasteiger partial charge on any atom is -0.469 e. The summed E-state index contributed by atoms with van der Waals surface area (Å²) in [5, 5.41) is 11.6. The van der Waals surface area contributed by atoms with E-state index in [4.69, 9.17) is 4.74 Å². The molecule has 39 heavy (non-hydrogen) atoms. The van der Waals surface area contributed by atoms with E-state index in [1.807, 2.05) is 62.6 Å². The lowest BCUT2D eigenvalue weighted by Crippen LogP contribution is -2.40. The molecule has 2 fully saturated rings. The summed E-state index contributed by atoms with van der Waals surface area (Å²) in [4.78, 5) is 29.6. The monoisotopic (exact) mass is 526 g/mol. The largest absolute Gasteiger partial charge is 0.469 e. The summed E-state index contributed by atoms with van der Waals surface area (Å²) in [5.74, 6) is -0.397. The lowest BCUT2D eigenvalue weighted by atomic mass is 9.88. The number of carbonyl (C=O) groups excluding carboxylic acids is 2. The van der Waals surface area contributed by atoms with E-state index in [-0.39, 0.29) is 29.6 Å². The summed E-state index contributed by atoms with van der Waals surface area (Å²) in [5.41, 5.74) is 5.59. The molecule has 3 atom stereocenters. The highest BCUT2D eigenvalue weighted by Gasteiger charge is 2.45. The maximum atomic E-state index is 13.9. The van der Waals surface area contributed by atoms with Crippen LogP contribution in [0.3, 0.4) is 0 Å². The second-order valence-corrected chi connectivity index (χ2v) is 11.0. The maximum absolute atomic E-state index is 13.9. The van der Waals surface area contributed by atoms with Gasteiger partial charge in [-0.05, 0) is 66.1 Å². The Bertz CT molecular complexity index is 1300. The van der Waals surface area contributed by atoms with E-state index in [9.17, 15) is 14.7 Å². The van der Waals surface area contributed by atoms with Crippen LogP contribution in [0.15, 0.2) is 72.8 Å². The van der Waals surface area contributed by atoms with Gasteiger partial charge in [0.15, 0.2) is 6.23 Å². The fourth-order valence-electron chi connectivity index (χ4n) is 5.76. The molecule has 0 aliphatic heterocycles. The molecule has 2 saturated carbocycles. The zero-order valence-electron chi connectivity index (χ0n) is 23.0. The highest BCUT2D eigenvalue weighted by molar-refractivity contribution is 5.95. The third kappa shape index (κ3) is 5.86. The average Bonchev–Trinajstić information content (AvgIpc) is 3.79. The van der Waals surface area contributed by atoms with Crippen LogP contribution in [0.25, 0.3) is 11.1 Å². The van der Waals surface area contributed by atoms with Gasteiger partial charge in [0.25, 0.3) is 0 Å². The van der Waals surface area contributed by atoms with Gasteiger partial charge in [0.05, 0.1) is 13.0 Å². The van der Waals surface area contributed by atoms with Crippen LogP contribution in [0.2, 0.25) is 0 Å². The number of ether oxygens (including phenoxy) is 1. The Kier molecular flexibility index (Phi) is 8.03. The van der Waals surface area contributed by atoms with Crippen molar-refractivity contribution >= 4 is 23.3 Å². The van der Waals surface area contributed by atoms with E-state index < -0.39 is 6.23 Å². The summed E-state index contributed by atoms with van der Waals surface area (Å²) >= 11 is 0. The van der Waals surface area contributed by atoms with E-state index in [0.29, 0.717) is 11.3 Å². The fourth-order valence-corrected chi connectivity index (χ4v) is 5.76. The van der Waals surface area contributed by atoms with Crippen molar-refractivity contribution in [2.75, 3.05) is 31.0 Å². The number of aliphatic hydroxyl groups excluding tert-OH is 1. The Hall–Kier alpha value is -3.64. The van der Waals surface area contributed by atoms with Gasteiger partial charge < -0.3 is 14.7 Å². The molecule has 2 aliphatic rings. The van der Waals surface area contributed by atoms with Crippen LogP contribution in [-0.2, 0) is 14.3 Å². The first-order chi connectivity index (χ1) is 18.9. The number of rotatable bonds is 8. The van der Waals surface area contributed by atoms with Gasteiger partial charge in [0, 0.05) is 37.0 Å². The van der Waals surface area contributed by atoms with Crippen molar-refractivity contribution in [1.29, 1.82) is 0 Å². The standard InChI is InChI=1S/C33H38N2O4/c1-34(2)27-18-16-23(17-19-27)22-12-14-25(15-13-22)32(37)35(31(36)24-8-5-4-6-9-24)28-11-7-10-26(20-28)29-21-30(29)33(38)39-3/h7,10-20,24,29-30,32,37H,4-6,8-9,21H2,1-3H3. The fraction of sp³-hybridized carbons (Fsp3) is 0.394. The Labute approximate surface area is 231 Å². The molecule has 0 saturated heterocycles. The normalized spacial score (nSPS) is 19.7. The number of benzene rings is 3. The van der Waals surface area contributed by atoms with Crippen LogP contribution in [0.1, 0.15) is 61.8 Å². The zero-order valence-corrected chi connectivity index (χ0v) is 23.0. The molecule has 6 nitrogen and oxygen atoms in total. The first-order valence-electron chi connectivity index (χ1n) is 13.9. The smallest absolute Gasteiger partial charge is 0.309 e. The lowest BCUT2D eigenvalue weighted by molar-refractivity contribution is -0.142. The van der Waals surface area contributed by atoms with Gasteiger partial charge in [-0.1, -0.05) is 67.8 Å². The molecule has 0 spiro atoms. The summed E-state index contributed by atoms with van der Waals surface area (Å²) in [6.07, 6.45) is 4.53. The van der Waals surface area contributed by atoms with Crippen molar-refractivity contribution in [3.8, 4) is 11.1 Å². The predicted octanol–water partition coefficient (Wildman–Crippen LogP) is 6.30. The number of hydrogen-bond acceptors (Lipinski definition) is 5. The summed E-state index contributed by atoms with van der Waals surface area (Å²) < 4.78 is 4.93. The molecule has 1 amide bonds. The van der Waals surface area contributed by atoms with Crippen LogP contribution in [0.4, 0.5) is 11.4 Å². The number of methoxy groups -OCH3 is 1. The summed E-state index contributed by atoms with van der Waals surface area (Å²) in [7, 11) is 5.45. The van der Waals surface area contributed by atoms with Gasteiger partial charge in [0.1, 0.15) is 0 Å². The van der Waals surface area contributed by atoms with E-state index in [0.717, 1.165) is 60.9 Å². The third-order valence-corrected chi connectivity index (χ3v) is 8.23. The van der Waals surface area contributed by atoms with Gasteiger partial charge in [-0.2, -0.15) is 0 Å². The lowest BCUT2D eigenvalue weighted by Gasteiger charge is -2.33. The highest BCUT2D eigenvalue weighted by Crippen LogP contribution is 2.49. The van der Waals surface area contributed by atoms with Crippen LogP contribution in [0, 0.1) is 11.8 Å². The molecule has 3 aromatic carbocycles. The summed E-state index contributed by atoms with van der Waals surface area (Å²) in [6, 6.07) is 23.9. The molecule has 0 radical (unpaired) electrons. The van der Waals surface area contributed by atoms with Crippen LogP contribution in [0.5, 0.6) is 0 Å². The minimum atomic E-state index is -1.12. The van der Waals surface area contributed by atoms with Gasteiger partial charge in [-0.15, -0.1) is 0 Å². The molecule has 6 heteroatoms. The molecule has 1 N–H and O–H groups in total. The van der Waals surface area contributed by atoms with Gasteiger partial charge in [0.2, 0.25) is 5.91 Å². The van der Waals surface area contributed by atoms with Crippen molar-refractivity contribution in [2.24, 2.45) is 11.8 Å². The quantitative estimate of drug-likeness (QED) is 0.276. The second-order valence-electron chi connectivity index (χ2n) is 11.0. The first kappa shape index (κ1) is 26.9. The third-order valence-electron chi connectivity index (χ3n) is 8.23. The molecular formula is C33H38N2O4. The number of esters is 1. The maximum Gasteiger partial charge on any atom is 0.309 e. The van der Waals surface area contributed by atoms with Gasteiger partial charge in [-0.25, -0.2) is 0 Å². The number of amides is 1. The summed E-state index contributed by atoms with van der Waals surface area (Å²) in [6.45, 7) is 0. The molecule has 0 bridgehead atoms. The highest BCUT2D eigenvalue weighted by atomic mass is 16.5. The van der Waals surface area contributed by atoms with E-state index in [2.05, 4.69) is 29.2 Å². The Morgan fingerprint density at radius 1 is 0.872 bits per heavy atom. The molecule has 0 aromatic heterocycles.